The van der Waals surface area contributed by atoms with E-state index in [-0.39, 0.29) is 28.7 Å². The molecule has 0 saturated carbocycles. The van der Waals surface area contributed by atoms with E-state index in [2.05, 4.69) is 21.7 Å². The second-order valence-corrected chi connectivity index (χ2v) is 9.70. The van der Waals surface area contributed by atoms with Crippen LogP contribution in [-0.4, -0.2) is 54.0 Å². The van der Waals surface area contributed by atoms with Gasteiger partial charge in [0.1, 0.15) is 0 Å². The molecule has 6 nitrogen and oxygen atoms in total. The normalized spacial score (nSPS) is 12.7. The van der Waals surface area contributed by atoms with Crippen LogP contribution in [0.3, 0.4) is 0 Å². The fraction of sp³-hybridized carbons (Fsp3) is 0.667. The number of ether oxygens (including phenoxy) is 2. The first-order valence-corrected chi connectivity index (χ1v) is 11.3. The van der Waals surface area contributed by atoms with Crippen molar-refractivity contribution < 1.29 is 13.7 Å². The summed E-state index contributed by atoms with van der Waals surface area (Å²) in [7, 11) is 0.787. The zero-order chi connectivity index (χ0) is 21.0. The zero-order valence-electron chi connectivity index (χ0n) is 18.7. The summed E-state index contributed by atoms with van der Waals surface area (Å²) in [6.07, 6.45) is 1.85. The first-order chi connectivity index (χ1) is 13.3. The van der Waals surface area contributed by atoms with E-state index in [1.807, 2.05) is 46.8 Å². The van der Waals surface area contributed by atoms with Crippen molar-refractivity contribution in [2.24, 2.45) is 4.99 Å². The predicted molar refractivity (Wildman–Crippen MR) is 135 cm³/mol. The lowest BCUT2D eigenvalue weighted by Crippen LogP contribution is -2.40. The average molecular weight is 540 g/mol. The minimum Gasteiger partial charge on any atom is -0.493 e. The van der Waals surface area contributed by atoms with Gasteiger partial charge in [0.25, 0.3) is 0 Å². The van der Waals surface area contributed by atoms with Crippen molar-refractivity contribution >= 4 is 40.7 Å². The molecule has 1 atom stereocenters. The fourth-order valence-corrected chi connectivity index (χ4v) is 3.43. The van der Waals surface area contributed by atoms with E-state index in [0.29, 0.717) is 25.4 Å². The molecule has 0 aromatic heterocycles. The van der Waals surface area contributed by atoms with Gasteiger partial charge in [-0.3, -0.25) is 9.20 Å². The Morgan fingerprint density at radius 1 is 1.17 bits per heavy atom. The van der Waals surface area contributed by atoms with Crippen molar-refractivity contribution in [3.8, 4) is 11.5 Å². The summed E-state index contributed by atoms with van der Waals surface area (Å²) >= 11 is 0. The van der Waals surface area contributed by atoms with E-state index >= 15 is 0 Å². The van der Waals surface area contributed by atoms with E-state index in [1.54, 1.807) is 7.11 Å². The number of benzene rings is 1. The summed E-state index contributed by atoms with van der Waals surface area (Å²) in [6, 6.07) is 6.05. The molecule has 0 heterocycles. The van der Waals surface area contributed by atoms with Gasteiger partial charge in [0.05, 0.1) is 13.7 Å². The molecule has 0 radical (unpaired) electrons. The number of rotatable bonds is 11. The third-order valence-corrected chi connectivity index (χ3v) is 5.97. The smallest absolute Gasteiger partial charge is 0.191 e. The van der Waals surface area contributed by atoms with Gasteiger partial charge in [-0.05, 0) is 65.2 Å². The molecule has 168 valence electrons. The van der Waals surface area contributed by atoms with E-state index in [9.17, 15) is 4.21 Å². The maximum atomic E-state index is 12.1. The van der Waals surface area contributed by atoms with Crippen LogP contribution in [0.15, 0.2) is 23.2 Å². The van der Waals surface area contributed by atoms with Crippen molar-refractivity contribution in [3.63, 3.8) is 0 Å². The zero-order valence-corrected chi connectivity index (χ0v) is 21.8. The highest BCUT2D eigenvalue weighted by molar-refractivity contribution is 14.0. The molecule has 0 fully saturated rings. The van der Waals surface area contributed by atoms with Gasteiger partial charge in [0.15, 0.2) is 17.5 Å². The molecule has 0 aliphatic heterocycles. The van der Waals surface area contributed by atoms with Crippen LogP contribution in [0.5, 0.6) is 11.5 Å². The Morgan fingerprint density at radius 2 is 1.90 bits per heavy atom. The molecule has 0 saturated heterocycles. The predicted octanol–water partition coefficient (Wildman–Crippen LogP) is 3.75. The molecule has 0 spiro atoms. The molecule has 29 heavy (non-hydrogen) atoms. The minimum absolute atomic E-state index is 0. The maximum Gasteiger partial charge on any atom is 0.191 e. The fourth-order valence-electron chi connectivity index (χ4n) is 2.53. The van der Waals surface area contributed by atoms with Crippen LogP contribution >= 0.6 is 24.0 Å². The summed E-state index contributed by atoms with van der Waals surface area (Å²) in [5.41, 5.74) is 1.21. The molecule has 0 aliphatic carbocycles. The Labute approximate surface area is 196 Å². The molecule has 8 heteroatoms. The minimum atomic E-state index is -0.864. The van der Waals surface area contributed by atoms with Crippen molar-refractivity contribution in [3.05, 3.63) is 23.8 Å². The van der Waals surface area contributed by atoms with E-state index in [4.69, 9.17) is 9.47 Å². The molecule has 0 amide bonds. The highest BCUT2D eigenvalue weighted by atomic mass is 127. The van der Waals surface area contributed by atoms with Gasteiger partial charge in [-0.1, -0.05) is 6.07 Å². The van der Waals surface area contributed by atoms with Crippen molar-refractivity contribution in [2.45, 2.75) is 52.2 Å². The van der Waals surface area contributed by atoms with E-state index in [1.165, 1.54) is 5.56 Å². The van der Waals surface area contributed by atoms with Crippen LogP contribution in [0.1, 0.15) is 46.6 Å². The number of hydrogen-bond donors (Lipinski definition) is 2. The van der Waals surface area contributed by atoms with Crippen LogP contribution in [0.2, 0.25) is 0 Å². The van der Waals surface area contributed by atoms with Crippen molar-refractivity contribution in [2.75, 3.05) is 39.1 Å². The van der Waals surface area contributed by atoms with Crippen LogP contribution in [-0.2, 0) is 17.2 Å². The number of guanidine groups is 1. The molecule has 0 bridgehead atoms. The van der Waals surface area contributed by atoms with Gasteiger partial charge in [-0.15, -0.1) is 24.0 Å². The lowest BCUT2D eigenvalue weighted by atomic mass is 10.1. The molecule has 0 aliphatic rings. The van der Waals surface area contributed by atoms with Gasteiger partial charge in [-0.2, -0.15) is 0 Å². The Kier molecular flexibility index (Phi) is 14.3. The summed E-state index contributed by atoms with van der Waals surface area (Å²) in [5.74, 6) is 2.93. The highest BCUT2D eigenvalue weighted by Gasteiger charge is 2.18. The average Bonchev–Trinajstić information content (AvgIpc) is 2.64. The van der Waals surface area contributed by atoms with Crippen LogP contribution in [0, 0.1) is 0 Å². The van der Waals surface area contributed by atoms with Crippen molar-refractivity contribution in [1.82, 2.24) is 10.6 Å². The van der Waals surface area contributed by atoms with Crippen molar-refractivity contribution in [1.29, 1.82) is 0 Å². The second kappa shape index (κ2) is 14.9. The lowest BCUT2D eigenvalue weighted by molar-refractivity contribution is 0.310. The van der Waals surface area contributed by atoms with Crippen LogP contribution < -0.4 is 20.1 Å². The highest BCUT2D eigenvalue weighted by Crippen LogP contribution is 2.28. The molecular weight excluding hydrogens is 501 g/mol. The summed E-state index contributed by atoms with van der Waals surface area (Å²) in [4.78, 5) is 4.62. The molecule has 1 aromatic carbocycles. The number of hydrogen-bond acceptors (Lipinski definition) is 4. The number of methoxy groups -OCH3 is 1. The van der Waals surface area contributed by atoms with Gasteiger partial charge in [0, 0.05) is 40.9 Å². The molecular formula is C21H38IN3O3S. The quantitative estimate of drug-likeness (QED) is 0.194. The van der Waals surface area contributed by atoms with Gasteiger partial charge in [-0.25, -0.2) is 0 Å². The standard InChI is InChI=1S/C21H37N3O3S.HI/c1-7-22-20(24-14-15-28(25)21(3,4)5)23-13-9-10-17-11-12-18(26-6)19(16-17)27-8-2;/h11-12,16H,7-10,13-15H2,1-6H3,(H2,22,23,24);1H. The maximum absolute atomic E-state index is 12.1. The Bertz CT molecular complexity index is 649. The van der Waals surface area contributed by atoms with Crippen LogP contribution in [0.25, 0.3) is 0 Å². The third-order valence-electron chi connectivity index (χ3n) is 4.03. The Morgan fingerprint density at radius 3 is 2.48 bits per heavy atom. The lowest BCUT2D eigenvalue weighted by Gasteiger charge is -2.18. The van der Waals surface area contributed by atoms with Crippen LogP contribution in [0.4, 0.5) is 0 Å². The third kappa shape index (κ3) is 11.1. The second-order valence-electron chi connectivity index (χ2n) is 7.37. The van der Waals surface area contributed by atoms with Gasteiger partial charge in [0.2, 0.25) is 0 Å². The molecule has 2 N–H and O–H groups in total. The largest absolute Gasteiger partial charge is 0.493 e. The number of halogens is 1. The number of aliphatic imine (C=N–C) groups is 1. The monoisotopic (exact) mass is 539 g/mol. The van der Waals surface area contributed by atoms with Gasteiger partial charge >= 0.3 is 0 Å². The van der Waals surface area contributed by atoms with E-state index in [0.717, 1.165) is 36.8 Å². The first kappa shape index (κ1) is 28.0. The van der Waals surface area contributed by atoms with Gasteiger partial charge < -0.3 is 20.1 Å². The van der Waals surface area contributed by atoms with E-state index < -0.39 is 10.8 Å². The number of aryl methyl sites for hydroxylation is 1. The molecule has 1 rings (SSSR count). The number of nitrogens with zero attached hydrogens (tertiary/aromatic N) is 1. The topological polar surface area (TPSA) is 72.0 Å². The summed E-state index contributed by atoms with van der Waals surface area (Å²) in [5, 5.41) is 6.51. The summed E-state index contributed by atoms with van der Waals surface area (Å²) in [6.45, 7) is 12.8. The Balaban J connectivity index is 0.00000784. The number of nitrogens with one attached hydrogen (secondary N) is 2. The summed E-state index contributed by atoms with van der Waals surface area (Å²) < 4.78 is 22.9. The molecule has 1 aromatic rings. The SMILES string of the molecule is CCNC(=NCCCc1ccc(OC)c(OCC)c1)NCCS(=O)C(C)(C)C.I. The first-order valence-electron chi connectivity index (χ1n) is 10.0. The molecule has 1 unspecified atom stereocenters. The Hall–Kier alpha value is -1.03.